The van der Waals surface area contributed by atoms with Crippen molar-refractivity contribution in [3.8, 4) is 0 Å². The van der Waals surface area contributed by atoms with Crippen LogP contribution in [-0.2, 0) is 0 Å². The third-order valence-electron chi connectivity index (χ3n) is 3.43. The van der Waals surface area contributed by atoms with Gasteiger partial charge in [0.25, 0.3) is 0 Å². The molecule has 3 heterocycles. The second kappa shape index (κ2) is 5.75. The first kappa shape index (κ1) is 13.3. The highest BCUT2D eigenvalue weighted by Gasteiger charge is 2.20. The van der Waals surface area contributed by atoms with E-state index in [0.717, 1.165) is 42.4 Å². The number of aryl methyl sites for hydroxylation is 1. The zero-order valence-electron chi connectivity index (χ0n) is 11.3. The highest BCUT2D eigenvalue weighted by Crippen LogP contribution is 2.22. The fraction of sp³-hybridized carbons (Fsp3) is 0.357. The minimum absolute atomic E-state index is 0.813. The van der Waals surface area contributed by atoms with E-state index in [0.29, 0.717) is 0 Å². The molecule has 2 aromatic heterocycles. The summed E-state index contributed by atoms with van der Waals surface area (Å²) in [6.45, 7) is 5.81. The molecule has 104 valence electrons. The maximum Gasteiger partial charge on any atom is 0.225 e. The van der Waals surface area contributed by atoms with Crippen molar-refractivity contribution < 1.29 is 0 Å². The van der Waals surface area contributed by atoms with Crippen molar-refractivity contribution in [2.24, 2.45) is 0 Å². The topological polar surface area (TPSA) is 45.2 Å². The van der Waals surface area contributed by atoms with Gasteiger partial charge in [-0.05, 0) is 40.5 Å². The van der Waals surface area contributed by atoms with E-state index >= 15 is 0 Å². The zero-order valence-corrected chi connectivity index (χ0v) is 12.9. The molecule has 6 heteroatoms. The summed E-state index contributed by atoms with van der Waals surface area (Å²) in [4.78, 5) is 17.7. The molecule has 1 aliphatic rings. The number of anilines is 2. The van der Waals surface area contributed by atoms with Crippen LogP contribution in [0.5, 0.6) is 0 Å². The van der Waals surface area contributed by atoms with Crippen LogP contribution in [0.3, 0.4) is 0 Å². The molecule has 0 aliphatic carbocycles. The Morgan fingerprint density at radius 3 is 2.30 bits per heavy atom. The number of pyridine rings is 1. The minimum Gasteiger partial charge on any atom is -0.353 e. The van der Waals surface area contributed by atoms with E-state index in [1.54, 1.807) is 12.4 Å². The Hall–Kier alpha value is -1.69. The normalized spacial score (nSPS) is 15.5. The van der Waals surface area contributed by atoms with Gasteiger partial charge in [-0.25, -0.2) is 15.0 Å². The van der Waals surface area contributed by atoms with E-state index < -0.39 is 0 Å². The summed E-state index contributed by atoms with van der Waals surface area (Å²) >= 11 is 3.45. The monoisotopic (exact) mass is 333 g/mol. The molecule has 0 saturated carbocycles. The molecule has 1 fully saturated rings. The van der Waals surface area contributed by atoms with Gasteiger partial charge in [0.15, 0.2) is 0 Å². The van der Waals surface area contributed by atoms with E-state index in [1.807, 2.05) is 12.3 Å². The summed E-state index contributed by atoms with van der Waals surface area (Å²) < 4.78 is 1.02. The van der Waals surface area contributed by atoms with E-state index in [9.17, 15) is 0 Å². The molecule has 0 spiro atoms. The quantitative estimate of drug-likeness (QED) is 0.843. The first-order chi connectivity index (χ1) is 9.74. The third-order valence-corrected chi connectivity index (χ3v) is 3.87. The number of hydrogen-bond donors (Lipinski definition) is 0. The van der Waals surface area contributed by atoms with Crippen molar-refractivity contribution >= 4 is 27.7 Å². The van der Waals surface area contributed by atoms with Gasteiger partial charge in [0.2, 0.25) is 5.95 Å². The van der Waals surface area contributed by atoms with Gasteiger partial charge in [-0.1, -0.05) is 0 Å². The van der Waals surface area contributed by atoms with Gasteiger partial charge in [0.05, 0.1) is 0 Å². The second-order valence-corrected chi connectivity index (χ2v) is 5.73. The largest absolute Gasteiger partial charge is 0.353 e. The lowest BCUT2D eigenvalue weighted by Crippen LogP contribution is -2.47. The van der Waals surface area contributed by atoms with Crippen molar-refractivity contribution in [3.63, 3.8) is 0 Å². The van der Waals surface area contributed by atoms with E-state index in [2.05, 4.69) is 53.7 Å². The van der Waals surface area contributed by atoms with Crippen molar-refractivity contribution in [1.82, 2.24) is 15.0 Å². The van der Waals surface area contributed by atoms with E-state index in [1.165, 1.54) is 5.56 Å². The molecule has 2 aromatic rings. The number of aromatic nitrogens is 3. The van der Waals surface area contributed by atoms with Gasteiger partial charge >= 0.3 is 0 Å². The Balaban J connectivity index is 1.69. The number of halogens is 1. The van der Waals surface area contributed by atoms with Crippen LogP contribution in [0, 0.1) is 6.92 Å². The number of nitrogens with zero attached hydrogens (tertiary/aromatic N) is 5. The van der Waals surface area contributed by atoms with Crippen LogP contribution in [-0.4, -0.2) is 41.1 Å². The first-order valence-corrected chi connectivity index (χ1v) is 7.42. The van der Waals surface area contributed by atoms with Crippen LogP contribution in [0.1, 0.15) is 5.56 Å². The third kappa shape index (κ3) is 2.75. The minimum atomic E-state index is 0.813. The maximum absolute atomic E-state index is 4.53. The zero-order chi connectivity index (χ0) is 13.9. The van der Waals surface area contributed by atoms with Gasteiger partial charge in [-0.3, -0.25) is 0 Å². The predicted molar refractivity (Wildman–Crippen MR) is 83.1 cm³/mol. The molecule has 0 amide bonds. The highest BCUT2D eigenvalue weighted by atomic mass is 79.9. The van der Waals surface area contributed by atoms with Crippen LogP contribution in [0.4, 0.5) is 11.8 Å². The van der Waals surface area contributed by atoms with Crippen molar-refractivity contribution in [3.05, 3.63) is 40.8 Å². The molecule has 3 rings (SSSR count). The highest BCUT2D eigenvalue weighted by molar-refractivity contribution is 9.10. The molecule has 1 saturated heterocycles. The molecular formula is C14H16BrN5. The van der Waals surface area contributed by atoms with Gasteiger partial charge in [0.1, 0.15) is 5.82 Å². The number of piperazine rings is 1. The summed E-state index contributed by atoms with van der Waals surface area (Å²) in [6, 6.07) is 3.95. The summed E-state index contributed by atoms with van der Waals surface area (Å²) in [5.74, 6) is 1.88. The van der Waals surface area contributed by atoms with E-state index in [4.69, 9.17) is 0 Å². The Morgan fingerprint density at radius 2 is 1.65 bits per heavy atom. The Labute approximate surface area is 126 Å². The van der Waals surface area contributed by atoms with Gasteiger partial charge in [0, 0.05) is 49.2 Å². The summed E-state index contributed by atoms with van der Waals surface area (Å²) in [6.07, 6.45) is 5.43. The van der Waals surface area contributed by atoms with Crippen LogP contribution >= 0.6 is 15.9 Å². The van der Waals surface area contributed by atoms with Crippen LogP contribution < -0.4 is 9.80 Å². The summed E-state index contributed by atoms with van der Waals surface area (Å²) in [5.41, 5.74) is 1.20. The Bertz CT molecular complexity index is 581. The molecule has 20 heavy (non-hydrogen) atoms. The summed E-state index contributed by atoms with van der Waals surface area (Å²) in [5, 5.41) is 0. The fourth-order valence-corrected chi connectivity index (χ4v) is 2.88. The molecule has 0 aromatic carbocycles. The lowest BCUT2D eigenvalue weighted by Gasteiger charge is -2.35. The van der Waals surface area contributed by atoms with Crippen molar-refractivity contribution in [2.45, 2.75) is 6.92 Å². The van der Waals surface area contributed by atoms with Crippen molar-refractivity contribution in [2.75, 3.05) is 36.0 Å². The molecule has 0 bridgehead atoms. The summed E-state index contributed by atoms with van der Waals surface area (Å²) in [7, 11) is 0. The Kier molecular flexibility index (Phi) is 3.82. The first-order valence-electron chi connectivity index (χ1n) is 6.63. The lowest BCUT2D eigenvalue weighted by atomic mass is 10.2. The average Bonchev–Trinajstić information content (AvgIpc) is 2.48. The van der Waals surface area contributed by atoms with Gasteiger partial charge in [-0.15, -0.1) is 0 Å². The molecule has 5 nitrogen and oxygen atoms in total. The Morgan fingerprint density at radius 1 is 1.00 bits per heavy atom. The number of rotatable bonds is 2. The molecule has 0 unspecified atom stereocenters. The molecule has 0 atom stereocenters. The standard InChI is InChI=1S/C14H16BrN5/c1-11-9-12(15)10-18-13(11)19-5-7-20(8-6-19)14-16-3-2-4-17-14/h2-4,9-10H,5-8H2,1H3. The predicted octanol–water partition coefficient (Wildman–Crippen LogP) is 2.27. The average molecular weight is 334 g/mol. The van der Waals surface area contributed by atoms with Crippen LogP contribution in [0.15, 0.2) is 35.2 Å². The molecule has 0 N–H and O–H groups in total. The fourth-order valence-electron chi connectivity index (χ4n) is 2.44. The molecule has 0 radical (unpaired) electrons. The second-order valence-electron chi connectivity index (χ2n) is 4.82. The number of hydrogen-bond acceptors (Lipinski definition) is 5. The molecule has 1 aliphatic heterocycles. The SMILES string of the molecule is Cc1cc(Br)cnc1N1CCN(c2ncccn2)CC1. The smallest absolute Gasteiger partial charge is 0.225 e. The van der Waals surface area contributed by atoms with Crippen LogP contribution in [0.25, 0.3) is 0 Å². The van der Waals surface area contributed by atoms with Gasteiger partial charge < -0.3 is 9.80 Å². The van der Waals surface area contributed by atoms with E-state index in [-0.39, 0.29) is 0 Å². The van der Waals surface area contributed by atoms with Gasteiger partial charge in [-0.2, -0.15) is 0 Å². The molecular weight excluding hydrogens is 318 g/mol. The van der Waals surface area contributed by atoms with Crippen molar-refractivity contribution in [1.29, 1.82) is 0 Å². The maximum atomic E-state index is 4.53. The van der Waals surface area contributed by atoms with Crippen LogP contribution in [0.2, 0.25) is 0 Å². The lowest BCUT2D eigenvalue weighted by molar-refractivity contribution is 0.633.